The Bertz CT molecular complexity index is 281. The molecule has 0 aliphatic carbocycles. The standard InChI is InChI=1S/C10H19N2O3.HI/c1-10(12-4-3-11(2)9-12)15-8-7-14-6-5-13;/h3-4,9-10,13H,5-8H2,1-2H3;1H/q+1;. The van der Waals surface area contributed by atoms with Gasteiger partial charge in [-0.05, 0) is 0 Å². The maximum absolute atomic E-state index is 8.48. The first kappa shape index (κ1) is 15.8. The summed E-state index contributed by atoms with van der Waals surface area (Å²) in [5.41, 5.74) is 0. The quantitative estimate of drug-likeness (QED) is 0.445. The molecule has 94 valence electrons. The van der Waals surface area contributed by atoms with Crippen molar-refractivity contribution in [1.82, 2.24) is 4.57 Å². The molecule has 1 rings (SSSR count). The number of aliphatic hydroxyl groups is 1. The van der Waals surface area contributed by atoms with Crippen LogP contribution in [0, 0.1) is 0 Å². The SMILES string of the molecule is CC(OCCOCCO)[n+]1ccn(C)c1.I. The van der Waals surface area contributed by atoms with Gasteiger partial charge in [0, 0.05) is 6.92 Å². The van der Waals surface area contributed by atoms with Crippen molar-refractivity contribution in [1.29, 1.82) is 0 Å². The van der Waals surface area contributed by atoms with Crippen LogP contribution in [0.25, 0.3) is 0 Å². The molecule has 0 saturated heterocycles. The Kier molecular flexibility index (Phi) is 8.81. The second kappa shape index (κ2) is 8.91. The van der Waals surface area contributed by atoms with Crippen molar-refractivity contribution >= 4 is 24.0 Å². The first-order chi connectivity index (χ1) is 7.24. The van der Waals surface area contributed by atoms with Crippen LogP contribution in [0.4, 0.5) is 0 Å². The summed E-state index contributed by atoms with van der Waals surface area (Å²) in [7, 11) is 1.97. The van der Waals surface area contributed by atoms with E-state index in [2.05, 4.69) is 0 Å². The third kappa shape index (κ3) is 5.78. The van der Waals surface area contributed by atoms with Gasteiger partial charge in [0.25, 0.3) is 0 Å². The monoisotopic (exact) mass is 343 g/mol. The van der Waals surface area contributed by atoms with Gasteiger partial charge in [-0.3, -0.25) is 0 Å². The Morgan fingerprint density at radius 2 is 2.12 bits per heavy atom. The fraction of sp³-hybridized carbons (Fsp3) is 0.700. The van der Waals surface area contributed by atoms with Crippen LogP contribution >= 0.6 is 24.0 Å². The van der Waals surface area contributed by atoms with Crippen molar-refractivity contribution in [2.45, 2.75) is 13.2 Å². The van der Waals surface area contributed by atoms with Gasteiger partial charge in [-0.2, -0.15) is 0 Å². The molecule has 0 aliphatic heterocycles. The molecule has 1 unspecified atom stereocenters. The number of hydrogen-bond donors (Lipinski definition) is 1. The Morgan fingerprint density at radius 3 is 2.69 bits per heavy atom. The first-order valence-corrected chi connectivity index (χ1v) is 5.07. The summed E-state index contributed by atoms with van der Waals surface area (Å²) in [5, 5.41) is 8.48. The molecule has 16 heavy (non-hydrogen) atoms. The van der Waals surface area contributed by atoms with Crippen LogP contribution in [0.1, 0.15) is 13.2 Å². The molecule has 1 heterocycles. The Morgan fingerprint density at radius 1 is 1.38 bits per heavy atom. The summed E-state index contributed by atoms with van der Waals surface area (Å²) in [6, 6.07) is 0. The van der Waals surface area contributed by atoms with Crippen LogP contribution in [-0.2, 0) is 16.5 Å². The Labute approximate surface area is 113 Å². The van der Waals surface area contributed by atoms with E-state index in [1.807, 2.05) is 41.8 Å². The van der Waals surface area contributed by atoms with Gasteiger partial charge in [-0.1, -0.05) is 0 Å². The molecule has 5 nitrogen and oxygen atoms in total. The first-order valence-electron chi connectivity index (χ1n) is 5.07. The summed E-state index contributed by atoms with van der Waals surface area (Å²) in [4.78, 5) is 0. The van der Waals surface area contributed by atoms with Gasteiger partial charge in [0.15, 0.2) is 6.23 Å². The lowest BCUT2D eigenvalue weighted by Crippen LogP contribution is -2.37. The number of imidazole rings is 1. The summed E-state index contributed by atoms with van der Waals surface area (Å²) < 4.78 is 14.6. The minimum absolute atomic E-state index is 0. The normalized spacial score (nSPS) is 12.2. The van der Waals surface area contributed by atoms with E-state index in [-0.39, 0.29) is 36.8 Å². The van der Waals surface area contributed by atoms with E-state index in [4.69, 9.17) is 14.6 Å². The van der Waals surface area contributed by atoms with Gasteiger partial charge in [0.1, 0.15) is 12.4 Å². The number of hydrogen-bond acceptors (Lipinski definition) is 3. The molecule has 1 aromatic heterocycles. The van der Waals surface area contributed by atoms with Gasteiger partial charge in [0.05, 0.1) is 33.5 Å². The predicted molar refractivity (Wildman–Crippen MR) is 69.6 cm³/mol. The summed E-state index contributed by atoms with van der Waals surface area (Å²) >= 11 is 0. The predicted octanol–water partition coefficient (Wildman–Crippen LogP) is 0.475. The molecule has 0 radical (unpaired) electrons. The number of aryl methyl sites for hydroxylation is 1. The minimum Gasteiger partial charge on any atom is -0.394 e. The van der Waals surface area contributed by atoms with Gasteiger partial charge < -0.3 is 14.6 Å². The van der Waals surface area contributed by atoms with Crippen molar-refractivity contribution in [3.05, 3.63) is 18.7 Å². The lowest BCUT2D eigenvalue weighted by atomic mass is 10.6. The average Bonchev–Trinajstić information content (AvgIpc) is 2.64. The van der Waals surface area contributed by atoms with Crippen molar-refractivity contribution in [3.8, 4) is 0 Å². The van der Waals surface area contributed by atoms with Gasteiger partial charge in [-0.25, -0.2) is 9.13 Å². The second-order valence-electron chi connectivity index (χ2n) is 3.33. The van der Waals surface area contributed by atoms with Crippen molar-refractivity contribution in [2.75, 3.05) is 26.4 Å². The van der Waals surface area contributed by atoms with Crippen LogP contribution in [0.3, 0.4) is 0 Å². The molecule has 0 saturated carbocycles. The topological polar surface area (TPSA) is 47.5 Å². The van der Waals surface area contributed by atoms with Gasteiger partial charge in [0.2, 0.25) is 6.33 Å². The molecule has 0 bridgehead atoms. The van der Waals surface area contributed by atoms with Crippen LogP contribution in [0.15, 0.2) is 18.7 Å². The van der Waals surface area contributed by atoms with Gasteiger partial charge >= 0.3 is 0 Å². The summed E-state index contributed by atoms with van der Waals surface area (Å²) in [5.74, 6) is 0. The third-order valence-corrected chi connectivity index (χ3v) is 2.03. The number of aromatic nitrogens is 2. The molecule has 6 heteroatoms. The smallest absolute Gasteiger partial charge is 0.245 e. The molecule has 0 amide bonds. The molecule has 0 spiro atoms. The lowest BCUT2D eigenvalue weighted by Gasteiger charge is -2.09. The van der Waals surface area contributed by atoms with E-state index in [1.165, 1.54) is 0 Å². The largest absolute Gasteiger partial charge is 0.394 e. The maximum Gasteiger partial charge on any atom is 0.245 e. The number of halogens is 1. The highest BCUT2D eigenvalue weighted by Gasteiger charge is 2.09. The Hall–Kier alpha value is -0.180. The summed E-state index contributed by atoms with van der Waals surface area (Å²) in [6.07, 6.45) is 5.88. The van der Waals surface area contributed by atoms with Gasteiger partial charge in [-0.15, -0.1) is 24.0 Å². The third-order valence-electron chi connectivity index (χ3n) is 2.03. The minimum atomic E-state index is 0. The van der Waals surface area contributed by atoms with E-state index >= 15 is 0 Å². The van der Waals surface area contributed by atoms with Crippen molar-refractivity contribution in [3.63, 3.8) is 0 Å². The number of aliphatic hydroxyl groups excluding tert-OH is 1. The zero-order valence-corrected chi connectivity index (χ0v) is 12.0. The highest BCUT2D eigenvalue weighted by molar-refractivity contribution is 14.0. The molecule has 1 N–H and O–H groups in total. The molecular weight excluding hydrogens is 323 g/mol. The molecule has 1 atom stereocenters. The molecule has 1 aromatic rings. The lowest BCUT2D eigenvalue weighted by molar-refractivity contribution is -0.758. The zero-order chi connectivity index (χ0) is 11.1. The zero-order valence-electron chi connectivity index (χ0n) is 9.70. The Balaban J connectivity index is 0.00000225. The van der Waals surface area contributed by atoms with Crippen LogP contribution in [-0.4, -0.2) is 36.1 Å². The van der Waals surface area contributed by atoms with E-state index in [0.717, 1.165) is 0 Å². The number of rotatable bonds is 7. The van der Waals surface area contributed by atoms with E-state index < -0.39 is 0 Å². The highest BCUT2D eigenvalue weighted by Crippen LogP contribution is 1.96. The fourth-order valence-electron chi connectivity index (χ4n) is 1.21. The van der Waals surface area contributed by atoms with E-state index in [1.54, 1.807) is 0 Å². The number of ether oxygens (including phenoxy) is 2. The molecule has 0 aromatic carbocycles. The fourth-order valence-corrected chi connectivity index (χ4v) is 1.21. The number of nitrogens with zero attached hydrogens (tertiary/aromatic N) is 2. The van der Waals surface area contributed by atoms with Crippen LogP contribution in [0.2, 0.25) is 0 Å². The summed E-state index contributed by atoms with van der Waals surface area (Å²) in [6.45, 7) is 3.45. The van der Waals surface area contributed by atoms with E-state index in [0.29, 0.717) is 19.8 Å². The molecular formula is C10H20IN2O3+. The van der Waals surface area contributed by atoms with Crippen LogP contribution in [0.5, 0.6) is 0 Å². The van der Waals surface area contributed by atoms with Crippen molar-refractivity contribution < 1.29 is 19.1 Å². The second-order valence-corrected chi connectivity index (χ2v) is 3.33. The maximum atomic E-state index is 8.48. The van der Waals surface area contributed by atoms with Crippen LogP contribution < -0.4 is 4.57 Å². The average molecular weight is 343 g/mol. The van der Waals surface area contributed by atoms with E-state index in [9.17, 15) is 0 Å². The van der Waals surface area contributed by atoms with Crippen molar-refractivity contribution in [2.24, 2.45) is 7.05 Å². The molecule has 0 aliphatic rings. The highest BCUT2D eigenvalue weighted by atomic mass is 127. The molecule has 0 fully saturated rings.